The number of likely N-dealkylation sites (tertiary alicyclic amines) is 1. The number of benzene rings is 1. The number of piperidine rings is 1. The number of anilines is 1. The summed E-state index contributed by atoms with van der Waals surface area (Å²) in [6.45, 7) is 4.95. The van der Waals surface area contributed by atoms with Crippen molar-refractivity contribution in [2.75, 3.05) is 18.4 Å². The number of nitrogens with one attached hydrogen (secondary N) is 1. The average molecular weight is 337 g/mol. The number of rotatable bonds is 6. The van der Waals surface area contributed by atoms with Gasteiger partial charge in [0.2, 0.25) is 5.91 Å². The highest BCUT2D eigenvalue weighted by atomic mass is 16.1. The van der Waals surface area contributed by atoms with Gasteiger partial charge in [-0.15, -0.1) is 0 Å². The molecule has 1 aliphatic rings. The maximum absolute atomic E-state index is 11.2. The number of aryl methyl sites for hydroxylation is 1. The molecular weight excluding hydrogens is 310 g/mol. The Labute approximate surface area is 150 Å². The Balaban J connectivity index is 1.43. The standard InChI is InChI=1S/C21H27N3O/c1-17(25)23-21-9-12-22-20(15-21)8-7-18-10-13-24(14-11-18)16-19-5-3-2-4-6-19/h2-6,9,12,15,18H,7-8,10-11,13-14,16H2,1H3,(H,22,23,25). The van der Waals surface area contributed by atoms with E-state index in [4.69, 9.17) is 0 Å². The van der Waals surface area contributed by atoms with Crippen LogP contribution in [0.5, 0.6) is 0 Å². The van der Waals surface area contributed by atoms with Crippen LogP contribution in [0.3, 0.4) is 0 Å². The van der Waals surface area contributed by atoms with E-state index >= 15 is 0 Å². The van der Waals surface area contributed by atoms with Gasteiger partial charge in [-0.25, -0.2) is 0 Å². The Kier molecular flexibility index (Phi) is 6.18. The van der Waals surface area contributed by atoms with Gasteiger partial charge < -0.3 is 5.32 Å². The van der Waals surface area contributed by atoms with Crippen molar-refractivity contribution in [2.24, 2.45) is 5.92 Å². The minimum Gasteiger partial charge on any atom is -0.326 e. The van der Waals surface area contributed by atoms with Gasteiger partial charge in [0.25, 0.3) is 0 Å². The summed E-state index contributed by atoms with van der Waals surface area (Å²) in [6.07, 6.45) is 6.46. The lowest BCUT2D eigenvalue weighted by Gasteiger charge is -2.32. The molecule has 1 saturated heterocycles. The SMILES string of the molecule is CC(=O)Nc1ccnc(CCC2CCN(Cc3ccccc3)CC2)c1. The molecule has 0 saturated carbocycles. The number of hydrogen-bond donors (Lipinski definition) is 1. The van der Waals surface area contributed by atoms with Crippen LogP contribution in [0.15, 0.2) is 48.7 Å². The third-order valence-corrected chi connectivity index (χ3v) is 4.90. The van der Waals surface area contributed by atoms with Crippen LogP contribution in [-0.2, 0) is 17.8 Å². The van der Waals surface area contributed by atoms with Gasteiger partial charge in [-0.05, 0) is 62.4 Å². The lowest BCUT2D eigenvalue weighted by atomic mass is 9.91. The first-order chi connectivity index (χ1) is 12.2. The third kappa shape index (κ3) is 5.68. The van der Waals surface area contributed by atoms with Crippen molar-refractivity contribution in [1.82, 2.24) is 9.88 Å². The van der Waals surface area contributed by atoms with Crippen LogP contribution >= 0.6 is 0 Å². The zero-order chi connectivity index (χ0) is 17.5. The number of pyridine rings is 1. The second-order valence-corrected chi connectivity index (χ2v) is 6.96. The summed E-state index contributed by atoms with van der Waals surface area (Å²) in [7, 11) is 0. The quantitative estimate of drug-likeness (QED) is 0.870. The second kappa shape index (κ2) is 8.77. The molecule has 1 aliphatic heterocycles. The number of aromatic nitrogens is 1. The largest absolute Gasteiger partial charge is 0.326 e. The molecule has 4 nitrogen and oxygen atoms in total. The first-order valence-corrected chi connectivity index (χ1v) is 9.18. The normalized spacial score (nSPS) is 15.9. The molecule has 0 bridgehead atoms. The molecule has 0 spiro atoms. The number of hydrogen-bond acceptors (Lipinski definition) is 3. The van der Waals surface area contributed by atoms with Gasteiger partial charge >= 0.3 is 0 Å². The molecule has 1 N–H and O–H groups in total. The van der Waals surface area contributed by atoms with Crippen LogP contribution in [0.1, 0.15) is 37.4 Å². The van der Waals surface area contributed by atoms with Crippen LogP contribution in [0.4, 0.5) is 5.69 Å². The molecule has 25 heavy (non-hydrogen) atoms. The van der Waals surface area contributed by atoms with Crippen molar-refractivity contribution in [3.63, 3.8) is 0 Å². The summed E-state index contributed by atoms with van der Waals surface area (Å²) in [4.78, 5) is 18.2. The molecule has 1 aromatic carbocycles. The molecule has 2 heterocycles. The fourth-order valence-electron chi connectivity index (χ4n) is 3.52. The Hall–Kier alpha value is -2.20. The Bertz CT molecular complexity index is 679. The highest BCUT2D eigenvalue weighted by Gasteiger charge is 2.19. The van der Waals surface area contributed by atoms with Crippen molar-refractivity contribution >= 4 is 11.6 Å². The van der Waals surface area contributed by atoms with E-state index < -0.39 is 0 Å². The third-order valence-electron chi connectivity index (χ3n) is 4.90. The summed E-state index contributed by atoms with van der Waals surface area (Å²) >= 11 is 0. The number of amides is 1. The summed E-state index contributed by atoms with van der Waals surface area (Å²) in [5.74, 6) is 0.737. The van der Waals surface area contributed by atoms with E-state index in [1.807, 2.05) is 12.1 Å². The number of nitrogens with zero attached hydrogens (tertiary/aromatic N) is 2. The van der Waals surface area contributed by atoms with E-state index in [1.165, 1.54) is 44.8 Å². The van der Waals surface area contributed by atoms with Gasteiger partial charge in [0.15, 0.2) is 0 Å². The molecule has 4 heteroatoms. The average Bonchev–Trinajstić information content (AvgIpc) is 2.62. The molecule has 0 unspecified atom stereocenters. The topological polar surface area (TPSA) is 45.2 Å². The highest BCUT2D eigenvalue weighted by Crippen LogP contribution is 2.23. The van der Waals surface area contributed by atoms with Gasteiger partial charge in [-0.1, -0.05) is 30.3 Å². The fraction of sp³-hybridized carbons (Fsp3) is 0.429. The van der Waals surface area contributed by atoms with Crippen molar-refractivity contribution < 1.29 is 4.79 Å². The van der Waals surface area contributed by atoms with Crippen LogP contribution in [0, 0.1) is 5.92 Å². The molecule has 2 aromatic rings. The van der Waals surface area contributed by atoms with Gasteiger partial charge in [-0.3, -0.25) is 14.7 Å². The van der Waals surface area contributed by atoms with Gasteiger partial charge in [0.05, 0.1) is 0 Å². The molecule has 0 radical (unpaired) electrons. The van der Waals surface area contributed by atoms with Gasteiger partial charge in [-0.2, -0.15) is 0 Å². The Morgan fingerprint density at radius 1 is 1.20 bits per heavy atom. The lowest BCUT2D eigenvalue weighted by Crippen LogP contribution is -2.33. The molecular formula is C21H27N3O. The minimum absolute atomic E-state index is 0.0389. The second-order valence-electron chi connectivity index (χ2n) is 6.96. The van der Waals surface area contributed by atoms with Crippen molar-refractivity contribution in [2.45, 2.75) is 39.2 Å². The molecule has 1 amide bonds. The summed E-state index contributed by atoms with van der Waals surface area (Å²) in [5, 5.41) is 2.83. The first kappa shape index (κ1) is 17.6. The zero-order valence-electron chi connectivity index (χ0n) is 14.9. The van der Waals surface area contributed by atoms with E-state index in [1.54, 1.807) is 6.20 Å². The Morgan fingerprint density at radius 3 is 2.68 bits per heavy atom. The maximum Gasteiger partial charge on any atom is 0.221 e. The van der Waals surface area contributed by atoms with Gasteiger partial charge in [0, 0.05) is 31.0 Å². The van der Waals surface area contributed by atoms with Crippen LogP contribution in [0.2, 0.25) is 0 Å². The zero-order valence-corrected chi connectivity index (χ0v) is 14.9. The van der Waals surface area contributed by atoms with E-state index in [0.717, 1.165) is 30.3 Å². The number of carbonyl (C=O) groups excluding carboxylic acids is 1. The van der Waals surface area contributed by atoms with E-state index in [-0.39, 0.29) is 5.91 Å². The molecule has 132 valence electrons. The van der Waals surface area contributed by atoms with E-state index in [9.17, 15) is 4.79 Å². The van der Waals surface area contributed by atoms with Gasteiger partial charge in [0.1, 0.15) is 0 Å². The number of carbonyl (C=O) groups is 1. The molecule has 3 rings (SSSR count). The summed E-state index contributed by atoms with van der Waals surface area (Å²) in [6, 6.07) is 14.6. The van der Waals surface area contributed by atoms with Crippen molar-refractivity contribution in [3.8, 4) is 0 Å². The summed E-state index contributed by atoms with van der Waals surface area (Å²) < 4.78 is 0. The lowest BCUT2D eigenvalue weighted by molar-refractivity contribution is -0.114. The molecule has 0 aliphatic carbocycles. The van der Waals surface area contributed by atoms with Crippen molar-refractivity contribution in [3.05, 3.63) is 59.9 Å². The monoisotopic (exact) mass is 337 g/mol. The molecule has 1 fully saturated rings. The Morgan fingerprint density at radius 2 is 1.96 bits per heavy atom. The minimum atomic E-state index is -0.0389. The van der Waals surface area contributed by atoms with E-state index in [2.05, 4.69) is 45.5 Å². The first-order valence-electron chi connectivity index (χ1n) is 9.18. The predicted molar refractivity (Wildman–Crippen MR) is 101 cm³/mol. The van der Waals surface area contributed by atoms with Crippen LogP contribution in [-0.4, -0.2) is 28.9 Å². The molecule has 0 atom stereocenters. The van der Waals surface area contributed by atoms with Crippen molar-refractivity contribution in [1.29, 1.82) is 0 Å². The van der Waals surface area contributed by atoms with E-state index in [0.29, 0.717) is 0 Å². The maximum atomic E-state index is 11.2. The molecule has 1 aromatic heterocycles. The smallest absolute Gasteiger partial charge is 0.221 e. The summed E-state index contributed by atoms with van der Waals surface area (Å²) in [5.41, 5.74) is 3.31. The predicted octanol–water partition coefficient (Wildman–Crippen LogP) is 3.88. The van der Waals surface area contributed by atoms with Crippen LogP contribution in [0.25, 0.3) is 0 Å². The highest BCUT2D eigenvalue weighted by molar-refractivity contribution is 5.88. The van der Waals surface area contributed by atoms with Crippen LogP contribution < -0.4 is 5.32 Å². The fourth-order valence-corrected chi connectivity index (χ4v) is 3.52.